The molecule has 0 aliphatic heterocycles. The Kier molecular flexibility index (Phi) is 4.76. The summed E-state index contributed by atoms with van der Waals surface area (Å²) in [6, 6.07) is 19.2. The zero-order chi connectivity index (χ0) is 18.6. The normalized spacial score (nSPS) is 10.7. The zero-order valence-electron chi connectivity index (χ0n) is 14.5. The van der Waals surface area contributed by atoms with E-state index in [4.69, 9.17) is 4.42 Å². The molecule has 6 nitrogen and oxygen atoms in total. The Labute approximate surface area is 160 Å². The standard InChI is InChI=1S/C20H16N4O2S/c1-13-16(21-19(26-13)15-10-6-3-7-11-15)12-17(25)22-20-23-18(24-27-20)14-8-4-2-5-9-14/h2-11H,12H2,1H3,(H,22,23,24,25). The molecular weight excluding hydrogens is 360 g/mol. The number of amides is 1. The van der Waals surface area contributed by atoms with Crippen LogP contribution in [0.2, 0.25) is 0 Å². The van der Waals surface area contributed by atoms with Crippen LogP contribution >= 0.6 is 11.5 Å². The van der Waals surface area contributed by atoms with Crippen molar-refractivity contribution in [2.75, 3.05) is 5.32 Å². The second kappa shape index (κ2) is 7.51. The molecular formula is C20H16N4O2S. The fraction of sp³-hybridized carbons (Fsp3) is 0.100. The summed E-state index contributed by atoms with van der Waals surface area (Å²) in [4.78, 5) is 21.2. The van der Waals surface area contributed by atoms with Crippen LogP contribution < -0.4 is 5.32 Å². The van der Waals surface area contributed by atoms with E-state index in [9.17, 15) is 4.79 Å². The Morgan fingerprint density at radius 3 is 2.37 bits per heavy atom. The van der Waals surface area contributed by atoms with Crippen LogP contribution in [0.15, 0.2) is 65.1 Å². The average Bonchev–Trinajstić information content (AvgIpc) is 3.30. The van der Waals surface area contributed by atoms with E-state index in [1.54, 1.807) is 6.92 Å². The fourth-order valence-electron chi connectivity index (χ4n) is 2.59. The van der Waals surface area contributed by atoms with Crippen molar-refractivity contribution in [2.45, 2.75) is 13.3 Å². The maximum absolute atomic E-state index is 12.4. The van der Waals surface area contributed by atoms with E-state index in [1.165, 1.54) is 0 Å². The summed E-state index contributed by atoms with van der Waals surface area (Å²) in [6.45, 7) is 1.81. The van der Waals surface area contributed by atoms with Crippen molar-refractivity contribution in [1.29, 1.82) is 0 Å². The van der Waals surface area contributed by atoms with E-state index in [0.717, 1.165) is 22.7 Å². The highest BCUT2D eigenvalue weighted by Crippen LogP contribution is 2.23. The van der Waals surface area contributed by atoms with E-state index in [2.05, 4.69) is 19.7 Å². The summed E-state index contributed by atoms with van der Waals surface area (Å²) in [5.41, 5.74) is 2.40. The smallest absolute Gasteiger partial charge is 0.232 e. The van der Waals surface area contributed by atoms with Gasteiger partial charge in [0.1, 0.15) is 5.76 Å². The molecule has 1 N–H and O–H groups in total. The first kappa shape index (κ1) is 17.1. The molecule has 0 radical (unpaired) electrons. The third-order valence-electron chi connectivity index (χ3n) is 3.95. The molecule has 1 amide bonds. The Hall–Kier alpha value is -3.32. The van der Waals surface area contributed by atoms with Crippen LogP contribution in [0, 0.1) is 6.92 Å². The molecule has 7 heteroatoms. The third-order valence-corrected chi connectivity index (χ3v) is 4.58. The SMILES string of the molecule is Cc1oc(-c2ccccc2)nc1CC(=O)Nc1nc(-c2ccccc2)ns1. The number of carbonyl (C=O) groups excluding carboxylic acids is 1. The highest BCUT2D eigenvalue weighted by molar-refractivity contribution is 7.10. The van der Waals surface area contributed by atoms with Crippen LogP contribution in [0.3, 0.4) is 0 Å². The molecule has 4 rings (SSSR count). The van der Waals surface area contributed by atoms with Crippen molar-refractivity contribution in [3.8, 4) is 22.8 Å². The van der Waals surface area contributed by atoms with Gasteiger partial charge in [-0.1, -0.05) is 48.5 Å². The monoisotopic (exact) mass is 376 g/mol. The third kappa shape index (κ3) is 3.93. The molecule has 0 aliphatic carbocycles. The number of hydrogen-bond acceptors (Lipinski definition) is 6. The Bertz CT molecular complexity index is 1060. The minimum atomic E-state index is -0.207. The number of anilines is 1. The number of nitrogens with zero attached hydrogens (tertiary/aromatic N) is 3. The second-order valence-electron chi connectivity index (χ2n) is 5.90. The van der Waals surface area contributed by atoms with Gasteiger partial charge in [-0.3, -0.25) is 4.79 Å². The van der Waals surface area contributed by atoms with Gasteiger partial charge < -0.3 is 9.73 Å². The van der Waals surface area contributed by atoms with Crippen LogP contribution in [0.25, 0.3) is 22.8 Å². The van der Waals surface area contributed by atoms with Gasteiger partial charge in [0.15, 0.2) is 5.82 Å². The number of carbonyl (C=O) groups is 1. The molecule has 0 bridgehead atoms. The molecule has 134 valence electrons. The van der Waals surface area contributed by atoms with Crippen molar-refractivity contribution in [3.63, 3.8) is 0 Å². The molecule has 0 atom stereocenters. The van der Waals surface area contributed by atoms with Gasteiger partial charge in [0.2, 0.25) is 16.9 Å². The van der Waals surface area contributed by atoms with Gasteiger partial charge in [0.05, 0.1) is 12.1 Å². The van der Waals surface area contributed by atoms with Crippen LogP contribution in [-0.4, -0.2) is 20.2 Å². The predicted octanol–water partition coefficient (Wildman–Crippen LogP) is 4.35. The molecule has 0 fully saturated rings. The number of nitrogens with one attached hydrogen (secondary N) is 1. The number of aryl methyl sites for hydroxylation is 1. The molecule has 0 saturated heterocycles. The molecule has 2 aromatic carbocycles. The van der Waals surface area contributed by atoms with E-state index in [-0.39, 0.29) is 12.3 Å². The minimum absolute atomic E-state index is 0.114. The van der Waals surface area contributed by atoms with Crippen molar-refractivity contribution in [3.05, 3.63) is 72.1 Å². The zero-order valence-corrected chi connectivity index (χ0v) is 15.4. The Balaban J connectivity index is 1.44. The van der Waals surface area contributed by atoms with Gasteiger partial charge in [0, 0.05) is 22.7 Å². The average molecular weight is 376 g/mol. The lowest BCUT2D eigenvalue weighted by molar-refractivity contribution is -0.115. The number of hydrogen-bond donors (Lipinski definition) is 1. The topological polar surface area (TPSA) is 80.9 Å². The van der Waals surface area contributed by atoms with Crippen LogP contribution in [0.4, 0.5) is 5.13 Å². The van der Waals surface area contributed by atoms with E-state index in [0.29, 0.717) is 28.3 Å². The lowest BCUT2D eigenvalue weighted by Gasteiger charge is -1.99. The molecule has 0 aliphatic rings. The first-order valence-electron chi connectivity index (χ1n) is 8.40. The van der Waals surface area contributed by atoms with Crippen molar-refractivity contribution >= 4 is 22.6 Å². The van der Waals surface area contributed by atoms with Crippen LogP contribution in [0.5, 0.6) is 0 Å². The largest absolute Gasteiger partial charge is 0.441 e. The molecule has 0 unspecified atom stereocenters. The Morgan fingerprint density at radius 1 is 1.00 bits per heavy atom. The molecule has 27 heavy (non-hydrogen) atoms. The minimum Gasteiger partial charge on any atom is -0.441 e. The van der Waals surface area contributed by atoms with Crippen molar-refractivity contribution in [2.24, 2.45) is 0 Å². The van der Waals surface area contributed by atoms with Gasteiger partial charge in [-0.05, 0) is 19.1 Å². The van der Waals surface area contributed by atoms with E-state index in [1.807, 2.05) is 60.7 Å². The first-order chi connectivity index (χ1) is 13.2. The van der Waals surface area contributed by atoms with Crippen molar-refractivity contribution in [1.82, 2.24) is 14.3 Å². The van der Waals surface area contributed by atoms with Gasteiger partial charge >= 0.3 is 0 Å². The predicted molar refractivity (Wildman–Crippen MR) is 104 cm³/mol. The van der Waals surface area contributed by atoms with E-state index >= 15 is 0 Å². The van der Waals surface area contributed by atoms with Gasteiger partial charge in [-0.25, -0.2) is 4.98 Å². The molecule has 4 aromatic rings. The van der Waals surface area contributed by atoms with Gasteiger partial charge in [0.25, 0.3) is 0 Å². The Morgan fingerprint density at radius 2 is 1.67 bits per heavy atom. The lowest BCUT2D eigenvalue weighted by atomic mass is 10.2. The summed E-state index contributed by atoms with van der Waals surface area (Å²) in [6.07, 6.45) is 0.114. The highest BCUT2D eigenvalue weighted by Gasteiger charge is 2.16. The number of rotatable bonds is 5. The first-order valence-corrected chi connectivity index (χ1v) is 9.17. The summed E-state index contributed by atoms with van der Waals surface area (Å²) in [5, 5.41) is 3.24. The second-order valence-corrected chi connectivity index (χ2v) is 6.65. The molecule has 0 spiro atoms. The van der Waals surface area contributed by atoms with Gasteiger partial charge in [-0.15, -0.1) is 0 Å². The fourth-order valence-corrected chi connectivity index (χ4v) is 3.20. The van der Waals surface area contributed by atoms with Gasteiger partial charge in [-0.2, -0.15) is 9.36 Å². The molecule has 0 saturated carbocycles. The highest BCUT2D eigenvalue weighted by atomic mass is 32.1. The quantitative estimate of drug-likeness (QED) is 0.560. The van der Waals surface area contributed by atoms with Crippen molar-refractivity contribution < 1.29 is 9.21 Å². The summed E-state index contributed by atoms with van der Waals surface area (Å²) in [5.74, 6) is 1.53. The van der Waals surface area contributed by atoms with Crippen LogP contribution in [-0.2, 0) is 11.2 Å². The summed E-state index contributed by atoms with van der Waals surface area (Å²) >= 11 is 1.15. The number of benzene rings is 2. The number of aromatic nitrogens is 3. The lowest BCUT2D eigenvalue weighted by Crippen LogP contribution is -2.15. The van der Waals surface area contributed by atoms with E-state index < -0.39 is 0 Å². The summed E-state index contributed by atoms with van der Waals surface area (Å²) < 4.78 is 9.99. The van der Waals surface area contributed by atoms with Crippen LogP contribution in [0.1, 0.15) is 11.5 Å². The maximum atomic E-state index is 12.4. The molecule has 2 heterocycles. The maximum Gasteiger partial charge on any atom is 0.232 e. The molecule has 2 aromatic heterocycles. The summed E-state index contributed by atoms with van der Waals surface area (Å²) in [7, 11) is 0. The number of oxazole rings is 1.